The minimum atomic E-state index is -0.554. The standard InChI is InChI=1S/C24H27NO5/c1-24(2,3)30-23(28)25-11-9-18(10-12-25)20-13-19(14-22(27)21(20)15-26)29-16-17-7-5-4-6-8-17/h4-9,13-15,27H,10-12,16H2,1-3H3. The van der Waals surface area contributed by atoms with Crippen molar-refractivity contribution in [3.05, 3.63) is 65.2 Å². The molecule has 0 aliphatic carbocycles. The van der Waals surface area contributed by atoms with Crippen molar-refractivity contribution in [3.8, 4) is 11.5 Å². The fourth-order valence-electron chi connectivity index (χ4n) is 3.23. The molecule has 0 bridgehead atoms. The molecule has 0 spiro atoms. The smallest absolute Gasteiger partial charge is 0.410 e. The molecule has 1 N–H and O–H groups in total. The van der Waals surface area contributed by atoms with Crippen LogP contribution in [-0.4, -0.2) is 41.1 Å². The van der Waals surface area contributed by atoms with Crippen LogP contribution in [0.25, 0.3) is 5.57 Å². The van der Waals surface area contributed by atoms with Crippen LogP contribution in [0.3, 0.4) is 0 Å². The van der Waals surface area contributed by atoms with Crippen molar-refractivity contribution in [2.24, 2.45) is 0 Å². The normalized spacial score (nSPS) is 14.1. The molecule has 0 radical (unpaired) electrons. The Morgan fingerprint density at radius 3 is 2.53 bits per heavy atom. The quantitative estimate of drug-likeness (QED) is 0.718. The molecule has 158 valence electrons. The summed E-state index contributed by atoms with van der Waals surface area (Å²) in [5, 5.41) is 10.3. The number of phenolic OH excluding ortho intramolecular Hbond substituents is 1. The molecule has 0 unspecified atom stereocenters. The van der Waals surface area contributed by atoms with Crippen molar-refractivity contribution >= 4 is 18.0 Å². The van der Waals surface area contributed by atoms with E-state index in [1.807, 2.05) is 57.2 Å². The van der Waals surface area contributed by atoms with Crippen molar-refractivity contribution in [2.45, 2.75) is 39.4 Å². The number of aromatic hydroxyl groups is 1. The van der Waals surface area contributed by atoms with E-state index in [9.17, 15) is 14.7 Å². The third-order valence-corrected chi connectivity index (χ3v) is 4.70. The lowest BCUT2D eigenvalue weighted by molar-refractivity contribution is 0.0270. The van der Waals surface area contributed by atoms with Gasteiger partial charge in [-0.25, -0.2) is 4.79 Å². The number of rotatable bonds is 5. The third-order valence-electron chi connectivity index (χ3n) is 4.70. The minimum Gasteiger partial charge on any atom is -0.507 e. The van der Waals surface area contributed by atoms with E-state index in [1.54, 1.807) is 11.0 Å². The maximum Gasteiger partial charge on any atom is 0.410 e. The predicted octanol–water partition coefficient (Wildman–Crippen LogP) is 4.81. The number of benzene rings is 2. The maximum absolute atomic E-state index is 12.3. The van der Waals surface area contributed by atoms with Crippen molar-refractivity contribution in [2.75, 3.05) is 13.1 Å². The van der Waals surface area contributed by atoms with Gasteiger partial charge in [0.25, 0.3) is 0 Å². The summed E-state index contributed by atoms with van der Waals surface area (Å²) in [6.45, 7) is 6.68. The van der Waals surface area contributed by atoms with Gasteiger partial charge in [0, 0.05) is 19.2 Å². The highest BCUT2D eigenvalue weighted by atomic mass is 16.6. The summed E-state index contributed by atoms with van der Waals surface area (Å²) in [6, 6.07) is 12.9. The van der Waals surface area contributed by atoms with Crippen molar-refractivity contribution < 1.29 is 24.2 Å². The largest absolute Gasteiger partial charge is 0.507 e. The summed E-state index contributed by atoms with van der Waals surface area (Å²) < 4.78 is 11.2. The zero-order chi connectivity index (χ0) is 21.7. The molecule has 0 fully saturated rings. The summed E-state index contributed by atoms with van der Waals surface area (Å²) in [6.07, 6.45) is 2.71. The van der Waals surface area contributed by atoms with Gasteiger partial charge in [-0.05, 0) is 50.0 Å². The second kappa shape index (κ2) is 9.03. The average molecular weight is 409 g/mol. The van der Waals surface area contributed by atoms with Gasteiger partial charge in [0.2, 0.25) is 0 Å². The third kappa shape index (κ3) is 5.41. The summed E-state index contributed by atoms with van der Waals surface area (Å²) in [4.78, 5) is 25.5. The van der Waals surface area contributed by atoms with Gasteiger partial charge in [-0.3, -0.25) is 4.79 Å². The molecule has 1 aliphatic rings. The molecule has 6 nitrogen and oxygen atoms in total. The zero-order valence-corrected chi connectivity index (χ0v) is 17.6. The molecule has 6 heteroatoms. The molecular formula is C24H27NO5. The number of ether oxygens (including phenoxy) is 2. The lowest BCUT2D eigenvalue weighted by atomic mass is 9.94. The van der Waals surface area contributed by atoms with Gasteiger partial charge in [0.1, 0.15) is 23.7 Å². The SMILES string of the molecule is CC(C)(C)OC(=O)N1CC=C(c2cc(OCc3ccccc3)cc(O)c2C=O)CC1. The highest BCUT2D eigenvalue weighted by Gasteiger charge is 2.25. The van der Waals surface area contributed by atoms with Gasteiger partial charge < -0.3 is 19.5 Å². The monoisotopic (exact) mass is 409 g/mol. The fourth-order valence-corrected chi connectivity index (χ4v) is 3.23. The minimum absolute atomic E-state index is 0.124. The molecule has 1 heterocycles. The molecule has 0 aromatic heterocycles. The summed E-state index contributed by atoms with van der Waals surface area (Å²) in [5.41, 5.74) is 2.18. The van der Waals surface area contributed by atoms with E-state index in [-0.39, 0.29) is 17.4 Å². The molecule has 1 amide bonds. The molecule has 3 rings (SSSR count). The van der Waals surface area contributed by atoms with Crippen LogP contribution in [0.5, 0.6) is 11.5 Å². The highest BCUT2D eigenvalue weighted by molar-refractivity contribution is 5.90. The molecule has 2 aromatic carbocycles. The Hall–Kier alpha value is -3.28. The van der Waals surface area contributed by atoms with Gasteiger partial charge in [0.05, 0.1) is 5.56 Å². The molecule has 30 heavy (non-hydrogen) atoms. The van der Waals surface area contributed by atoms with E-state index in [2.05, 4.69) is 0 Å². The summed E-state index contributed by atoms with van der Waals surface area (Å²) in [7, 11) is 0. The Bertz CT molecular complexity index is 944. The summed E-state index contributed by atoms with van der Waals surface area (Å²) >= 11 is 0. The lowest BCUT2D eigenvalue weighted by Gasteiger charge is -2.30. The number of aldehydes is 1. The van der Waals surface area contributed by atoms with Crippen LogP contribution >= 0.6 is 0 Å². The van der Waals surface area contributed by atoms with E-state index < -0.39 is 5.60 Å². The van der Waals surface area contributed by atoms with E-state index in [1.165, 1.54) is 6.07 Å². The van der Waals surface area contributed by atoms with Crippen LogP contribution in [0.1, 0.15) is 48.7 Å². The number of hydrogen-bond acceptors (Lipinski definition) is 5. The molecule has 2 aromatic rings. The zero-order valence-electron chi connectivity index (χ0n) is 17.6. The Morgan fingerprint density at radius 1 is 1.20 bits per heavy atom. The Kier molecular flexibility index (Phi) is 6.45. The fraction of sp³-hybridized carbons (Fsp3) is 0.333. The topological polar surface area (TPSA) is 76.1 Å². The number of carbonyl (C=O) groups excluding carboxylic acids is 2. The van der Waals surface area contributed by atoms with Crippen molar-refractivity contribution in [3.63, 3.8) is 0 Å². The van der Waals surface area contributed by atoms with Gasteiger partial charge in [-0.1, -0.05) is 36.4 Å². The maximum atomic E-state index is 12.3. The van der Waals surface area contributed by atoms with Gasteiger partial charge in [-0.2, -0.15) is 0 Å². The lowest BCUT2D eigenvalue weighted by Crippen LogP contribution is -2.39. The molecule has 1 aliphatic heterocycles. The van der Waals surface area contributed by atoms with Crippen molar-refractivity contribution in [1.82, 2.24) is 4.90 Å². The first-order chi connectivity index (χ1) is 14.3. The second-order valence-corrected chi connectivity index (χ2v) is 8.20. The molecular weight excluding hydrogens is 382 g/mol. The number of phenols is 1. The Morgan fingerprint density at radius 2 is 1.93 bits per heavy atom. The first-order valence-corrected chi connectivity index (χ1v) is 9.93. The number of nitrogens with zero attached hydrogens (tertiary/aromatic N) is 1. The first-order valence-electron chi connectivity index (χ1n) is 9.93. The number of carbonyl (C=O) groups is 2. The van der Waals surface area contributed by atoms with Crippen LogP contribution in [0.2, 0.25) is 0 Å². The molecule has 0 atom stereocenters. The van der Waals surface area contributed by atoms with Crippen LogP contribution in [-0.2, 0) is 11.3 Å². The van der Waals surface area contributed by atoms with E-state index >= 15 is 0 Å². The van der Waals surface area contributed by atoms with Crippen LogP contribution < -0.4 is 4.74 Å². The van der Waals surface area contributed by atoms with Gasteiger partial charge >= 0.3 is 6.09 Å². The van der Waals surface area contributed by atoms with E-state index in [4.69, 9.17) is 9.47 Å². The van der Waals surface area contributed by atoms with Crippen molar-refractivity contribution in [1.29, 1.82) is 0 Å². The van der Waals surface area contributed by atoms with Gasteiger partial charge in [0.15, 0.2) is 6.29 Å². The van der Waals surface area contributed by atoms with Crippen LogP contribution in [0, 0.1) is 0 Å². The van der Waals surface area contributed by atoms with E-state index in [0.717, 1.165) is 11.1 Å². The Labute approximate surface area is 176 Å². The number of hydrogen-bond donors (Lipinski definition) is 1. The Balaban J connectivity index is 1.78. The van der Waals surface area contributed by atoms with Crippen LogP contribution in [0.15, 0.2) is 48.5 Å². The highest BCUT2D eigenvalue weighted by Crippen LogP contribution is 2.34. The molecule has 0 saturated carbocycles. The second-order valence-electron chi connectivity index (χ2n) is 8.20. The van der Waals surface area contributed by atoms with Gasteiger partial charge in [-0.15, -0.1) is 0 Å². The van der Waals surface area contributed by atoms with Crippen LogP contribution in [0.4, 0.5) is 4.79 Å². The average Bonchev–Trinajstić information content (AvgIpc) is 2.71. The van der Waals surface area contributed by atoms with E-state index in [0.29, 0.717) is 43.7 Å². The predicted molar refractivity (Wildman–Crippen MR) is 115 cm³/mol. The number of amides is 1. The molecule has 0 saturated heterocycles. The first kappa shape index (κ1) is 21.4. The summed E-state index contributed by atoms with van der Waals surface area (Å²) in [5.74, 6) is 0.355.